The number of nitrogens with one attached hydrogen (secondary N) is 1. The van der Waals surface area contributed by atoms with Gasteiger partial charge in [0.1, 0.15) is 11.9 Å². The zero-order valence-electron chi connectivity index (χ0n) is 23.9. The minimum Gasteiger partial charge on any atom is -0.352 e. The van der Waals surface area contributed by atoms with E-state index in [4.69, 9.17) is 23.2 Å². The molecule has 3 aromatic carbocycles. The number of benzene rings is 3. The molecule has 0 unspecified atom stereocenters. The number of amides is 2. The van der Waals surface area contributed by atoms with Crippen LogP contribution in [0.5, 0.6) is 0 Å². The lowest BCUT2D eigenvalue weighted by Crippen LogP contribution is -2.52. The van der Waals surface area contributed by atoms with E-state index >= 15 is 0 Å². The van der Waals surface area contributed by atoms with Gasteiger partial charge in [0.05, 0.1) is 11.9 Å². The van der Waals surface area contributed by atoms with Crippen LogP contribution >= 0.6 is 23.2 Å². The predicted molar refractivity (Wildman–Crippen MR) is 167 cm³/mol. The van der Waals surface area contributed by atoms with Crippen molar-refractivity contribution in [3.05, 3.63) is 99.8 Å². The van der Waals surface area contributed by atoms with Gasteiger partial charge in [0.15, 0.2) is 0 Å². The molecule has 0 aliphatic rings. The van der Waals surface area contributed by atoms with Gasteiger partial charge in [-0.2, -0.15) is 0 Å². The van der Waals surface area contributed by atoms with Crippen LogP contribution in [0.3, 0.4) is 0 Å². The first-order valence-corrected chi connectivity index (χ1v) is 16.3. The number of hydrogen-bond donors (Lipinski definition) is 1. The van der Waals surface area contributed by atoms with E-state index in [0.717, 1.165) is 16.1 Å². The molecule has 2 atom stereocenters. The van der Waals surface area contributed by atoms with Crippen molar-refractivity contribution in [2.75, 3.05) is 17.1 Å². The Morgan fingerprint density at radius 3 is 2.14 bits per heavy atom. The Morgan fingerprint density at radius 1 is 0.952 bits per heavy atom. The highest BCUT2D eigenvalue weighted by atomic mass is 35.5. The zero-order chi connectivity index (χ0) is 30.9. The molecule has 0 aliphatic carbocycles. The molecule has 42 heavy (non-hydrogen) atoms. The average molecular weight is 637 g/mol. The van der Waals surface area contributed by atoms with Gasteiger partial charge in [-0.25, -0.2) is 12.8 Å². The van der Waals surface area contributed by atoms with Crippen LogP contribution < -0.4 is 9.62 Å². The number of anilines is 1. The second kappa shape index (κ2) is 15.4. The van der Waals surface area contributed by atoms with Crippen molar-refractivity contribution in [1.29, 1.82) is 0 Å². The van der Waals surface area contributed by atoms with Crippen LogP contribution in [0.25, 0.3) is 0 Å². The van der Waals surface area contributed by atoms with Crippen molar-refractivity contribution in [3.8, 4) is 0 Å². The molecular weight excluding hydrogens is 600 g/mol. The summed E-state index contributed by atoms with van der Waals surface area (Å²) in [6, 6.07) is 18.5. The third kappa shape index (κ3) is 9.44. The molecular formula is C31H36Cl2FN3O4S. The number of hydrogen-bond acceptors (Lipinski definition) is 4. The van der Waals surface area contributed by atoms with E-state index in [0.29, 0.717) is 27.7 Å². The van der Waals surface area contributed by atoms with Crippen LogP contribution in [-0.4, -0.2) is 50.0 Å². The average Bonchev–Trinajstić information content (AvgIpc) is 2.94. The summed E-state index contributed by atoms with van der Waals surface area (Å²) < 4.78 is 39.6. The highest BCUT2D eigenvalue weighted by Crippen LogP contribution is 2.28. The lowest BCUT2D eigenvalue weighted by atomic mass is 10.0. The van der Waals surface area contributed by atoms with Gasteiger partial charge in [-0.05, 0) is 61.7 Å². The Hall–Kier alpha value is -3.14. The lowest BCUT2D eigenvalue weighted by Gasteiger charge is -2.33. The first kappa shape index (κ1) is 33.4. The number of halogens is 3. The first-order chi connectivity index (χ1) is 19.9. The van der Waals surface area contributed by atoms with Crippen molar-refractivity contribution in [1.82, 2.24) is 10.2 Å². The fourth-order valence-corrected chi connectivity index (χ4v) is 5.94. The van der Waals surface area contributed by atoms with Gasteiger partial charge in [-0.3, -0.25) is 13.9 Å². The molecule has 0 bridgehead atoms. The van der Waals surface area contributed by atoms with E-state index in [1.165, 1.54) is 29.2 Å². The molecule has 0 spiro atoms. The molecule has 0 aliphatic heterocycles. The number of rotatable bonds is 14. The molecule has 0 saturated heterocycles. The first-order valence-electron chi connectivity index (χ1n) is 13.7. The van der Waals surface area contributed by atoms with E-state index < -0.39 is 21.9 Å². The van der Waals surface area contributed by atoms with Crippen LogP contribution in [0, 0.1) is 5.82 Å². The lowest BCUT2D eigenvalue weighted by molar-refractivity contribution is -0.141. The van der Waals surface area contributed by atoms with Crippen LogP contribution in [0.1, 0.15) is 44.2 Å². The molecule has 226 valence electrons. The number of sulfonamides is 1. The van der Waals surface area contributed by atoms with Crippen molar-refractivity contribution >= 4 is 50.7 Å². The van der Waals surface area contributed by atoms with E-state index in [-0.39, 0.29) is 50.2 Å². The summed E-state index contributed by atoms with van der Waals surface area (Å²) in [5, 5.41) is 3.73. The van der Waals surface area contributed by atoms with Gasteiger partial charge < -0.3 is 10.2 Å². The van der Waals surface area contributed by atoms with Crippen molar-refractivity contribution < 1.29 is 22.4 Å². The SMILES string of the molecule is CC[C@@H](C)NC(=O)[C@@H](Cc1ccccc1)N(Cc1c(Cl)cccc1Cl)C(=O)CCCN(c1ccc(F)cc1)S(C)(=O)=O. The van der Waals surface area contributed by atoms with Crippen molar-refractivity contribution in [2.24, 2.45) is 0 Å². The fraction of sp³-hybridized carbons (Fsp3) is 0.355. The highest BCUT2D eigenvalue weighted by molar-refractivity contribution is 7.92. The van der Waals surface area contributed by atoms with Gasteiger partial charge in [-0.1, -0.05) is 66.5 Å². The van der Waals surface area contributed by atoms with Crippen LogP contribution in [-0.2, 0) is 32.6 Å². The zero-order valence-corrected chi connectivity index (χ0v) is 26.2. The second-order valence-electron chi connectivity index (χ2n) is 10.2. The Bertz CT molecular complexity index is 1440. The van der Waals surface area contributed by atoms with Crippen molar-refractivity contribution in [3.63, 3.8) is 0 Å². The maximum atomic E-state index is 13.9. The maximum Gasteiger partial charge on any atom is 0.243 e. The molecule has 3 aromatic rings. The third-order valence-corrected chi connectivity index (χ3v) is 8.83. The van der Waals surface area contributed by atoms with E-state index in [1.54, 1.807) is 18.2 Å². The molecule has 1 N–H and O–H groups in total. The summed E-state index contributed by atoms with van der Waals surface area (Å²) in [7, 11) is -3.71. The highest BCUT2D eigenvalue weighted by Gasteiger charge is 2.32. The summed E-state index contributed by atoms with van der Waals surface area (Å²) in [6.07, 6.45) is 2.11. The Balaban J connectivity index is 1.93. The topological polar surface area (TPSA) is 86.8 Å². The van der Waals surface area contributed by atoms with Crippen molar-refractivity contribution in [2.45, 2.75) is 58.2 Å². The Kier molecular flexibility index (Phi) is 12.2. The van der Waals surface area contributed by atoms with E-state index in [1.807, 2.05) is 44.2 Å². The summed E-state index contributed by atoms with van der Waals surface area (Å²) in [5.41, 5.74) is 1.66. The smallest absolute Gasteiger partial charge is 0.243 e. The Labute approximate surface area is 257 Å². The quantitative estimate of drug-likeness (QED) is 0.227. The van der Waals surface area contributed by atoms with Gasteiger partial charge >= 0.3 is 0 Å². The summed E-state index contributed by atoms with van der Waals surface area (Å²) in [6.45, 7) is 3.82. The minimum atomic E-state index is -3.71. The second-order valence-corrected chi connectivity index (χ2v) is 12.9. The molecule has 0 fully saturated rings. The molecule has 2 amide bonds. The van der Waals surface area contributed by atoms with Crippen LogP contribution in [0.4, 0.5) is 10.1 Å². The van der Waals surface area contributed by atoms with Gasteiger partial charge in [-0.15, -0.1) is 0 Å². The van der Waals surface area contributed by atoms with E-state index in [9.17, 15) is 22.4 Å². The van der Waals surface area contributed by atoms with Gasteiger partial charge in [0.25, 0.3) is 0 Å². The largest absolute Gasteiger partial charge is 0.352 e. The molecule has 0 heterocycles. The third-order valence-electron chi connectivity index (χ3n) is 6.93. The predicted octanol–water partition coefficient (Wildman–Crippen LogP) is 6.23. The summed E-state index contributed by atoms with van der Waals surface area (Å²) in [4.78, 5) is 29.0. The van der Waals surface area contributed by atoms with Gasteiger partial charge in [0, 0.05) is 47.6 Å². The Morgan fingerprint density at radius 2 is 1.57 bits per heavy atom. The fourth-order valence-electron chi connectivity index (χ4n) is 4.46. The molecule has 7 nitrogen and oxygen atoms in total. The maximum absolute atomic E-state index is 13.9. The summed E-state index contributed by atoms with van der Waals surface area (Å²) in [5.74, 6) is -1.16. The molecule has 11 heteroatoms. The monoisotopic (exact) mass is 635 g/mol. The number of nitrogens with zero attached hydrogens (tertiary/aromatic N) is 2. The number of carbonyl (C=O) groups excluding carboxylic acids is 2. The number of carbonyl (C=O) groups is 2. The molecule has 0 radical (unpaired) electrons. The molecule has 0 aromatic heterocycles. The normalized spacial score (nSPS) is 12.8. The van der Waals surface area contributed by atoms with E-state index in [2.05, 4.69) is 5.32 Å². The van der Waals surface area contributed by atoms with Gasteiger partial charge in [0.2, 0.25) is 21.8 Å². The van der Waals surface area contributed by atoms with Crippen LogP contribution in [0.15, 0.2) is 72.8 Å². The minimum absolute atomic E-state index is 0.0146. The molecule has 0 saturated carbocycles. The standard InChI is InChI=1S/C31H36Cl2FN3O4S/c1-4-22(2)35-31(39)29(20-23-10-6-5-7-11-23)36(21-26-27(32)12-8-13-28(26)33)30(38)14-9-19-37(42(3,40)41)25-17-15-24(34)16-18-25/h5-8,10-13,15-18,22,29H,4,9,14,19-21H2,1-3H3,(H,35,39)/t22-,29-/m1/s1. The molecule has 3 rings (SSSR count). The summed E-state index contributed by atoms with van der Waals surface area (Å²) >= 11 is 13.0. The van der Waals surface area contributed by atoms with Crippen LogP contribution in [0.2, 0.25) is 10.0 Å².